The van der Waals surface area contributed by atoms with E-state index in [-0.39, 0.29) is 0 Å². The third-order valence-corrected chi connectivity index (χ3v) is 1.75. The molecule has 0 saturated heterocycles. The first-order valence-electron chi connectivity index (χ1n) is 2.36. The lowest BCUT2D eigenvalue weighted by Crippen LogP contribution is -1.90. The van der Waals surface area contributed by atoms with E-state index in [1.54, 1.807) is 7.11 Å². The monoisotopic (exact) mass is 129 g/mol. The number of nitrogens with one attached hydrogen (secondary N) is 1. The molecule has 1 aromatic rings. The minimum atomic E-state index is 0.751. The lowest BCUT2D eigenvalue weighted by atomic mass is 10.6. The molecule has 0 amide bonds. The van der Waals surface area contributed by atoms with E-state index in [2.05, 4.69) is 16.1 Å². The Morgan fingerprint density at radius 1 is 1.75 bits per heavy atom. The third-order valence-electron chi connectivity index (χ3n) is 0.810. The number of hydrogen-bond donors (Lipinski definition) is 1. The lowest BCUT2D eigenvalue weighted by molar-refractivity contribution is 0.272. The van der Waals surface area contributed by atoms with Gasteiger partial charge in [-0.15, -0.1) is 8.19 Å². The van der Waals surface area contributed by atoms with E-state index in [1.165, 1.54) is 0 Å². The highest BCUT2D eigenvalue weighted by Crippen LogP contribution is 2.20. The lowest BCUT2D eigenvalue weighted by Gasteiger charge is -1.95. The summed E-state index contributed by atoms with van der Waals surface area (Å²) in [5, 5.41) is 0. The smallest absolute Gasteiger partial charge is 0.0760 e. The van der Waals surface area contributed by atoms with Crippen molar-refractivity contribution < 1.29 is 4.84 Å². The van der Waals surface area contributed by atoms with Crippen LogP contribution in [0.25, 0.3) is 0 Å². The van der Waals surface area contributed by atoms with Crippen LogP contribution in [-0.4, -0.2) is 7.11 Å². The molecule has 1 rings (SSSR count). The summed E-state index contributed by atoms with van der Waals surface area (Å²) >= 11 is 0. The van der Waals surface area contributed by atoms with Crippen LogP contribution in [0, 0.1) is 0 Å². The molecule has 1 heterocycles. The number of anilines is 1. The molecule has 0 saturated carbocycles. The molecule has 1 unspecified atom stereocenters. The molecule has 1 aromatic heterocycles. The van der Waals surface area contributed by atoms with Crippen molar-refractivity contribution in [3.63, 3.8) is 0 Å². The maximum atomic E-state index is 4.67. The van der Waals surface area contributed by atoms with Crippen LogP contribution in [-0.2, 0) is 4.84 Å². The van der Waals surface area contributed by atoms with E-state index in [4.69, 9.17) is 0 Å². The zero-order valence-corrected chi connectivity index (χ0v) is 5.64. The zero-order chi connectivity index (χ0) is 5.82. The Labute approximate surface area is 49.9 Å². The highest BCUT2D eigenvalue weighted by atomic mass is 31.0. The standard InChI is InChI=1S/C5H8NOP/c1-7-6-5-3-2-4-8-5/h2-4,6,8H,1H3. The van der Waals surface area contributed by atoms with E-state index in [1.807, 2.05) is 12.1 Å². The van der Waals surface area contributed by atoms with Gasteiger partial charge in [0.1, 0.15) is 0 Å². The predicted molar refractivity (Wildman–Crippen MR) is 36.6 cm³/mol. The van der Waals surface area contributed by atoms with Gasteiger partial charge in [-0.3, -0.25) is 10.3 Å². The summed E-state index contributed by atoms with van der Waals surface area (Å²) in [4.78, 5) is 4.67. The molecule has 0 aliphatic carbocycles. The second-order valence-electron chi connectivity index (χ2n) is 1.39. The van der Waals surface area contributed by atoms with Crippen molar-refractivity contribution in [1.29, 1.82) is 0 Å². The minimum absolute atomic E-state index is 0.751. The predicted octanol–water partition coefficient (Wildman–Crippen LogP) is 1.69. The van der Waals surface area contributed by atoms with Gasteiger partial charge in [0.25, 0.3) is 0 Å². The second kappa shape index (κ2) is 2.75. The summed E-state index contributed by atoms with van der Waals surface area (Å²) in [6.45, 7) is 0. The van der Waals surface area contributed by atoms with Gasteiger partial charge >= 0.3 is 0 Å². The fraction of sp³-hybridized carbons (Fsp3) is 0.200. The van der Waals surface area contributed by atoms with Crippen LogP contribution >= 0.6 is 8.19 Å². The fourth-order valence-corrected chi connectivity index (χ4v) is 1.23. The van der Waals surface area contributed by atoms with Crippen LogP contribution in [0.5, 0.6) is 0 Å². The summed E-state index contributed by atoms with van der Waals surface area (Å²) in [7, 11) is 2.37. The number of rotatable bonds is 2. The average molecular weight is 129 g/mol. The van der Waals surface area contributed by atoms with Gasteiger partial charge in [0.15, 0.2) is 0 Å². The van der Waals surface area contributed by atoms with E-state index in [0.29, 0.717) is 0 Å². The SMILES string of the molecule is CONc1ccc[pH]1. The van der Waals surface area contributed by atoms with Crippen molar-refractivity contribution in [3.8, 4) is 0 Å². The highest BCUT2D eigenvalue weighted by molar-refractivity contribution is 7.33. The van der Waals surface area contributed by atoms with E-state index < -0.39 is 0 Å². The van der Waals surface area contributed by atoms with Crippen LogP contribution in [0.1, 0.15) is 0 Å². The van der Waals surface area contributed by atoms with Crippen LogP contribution < -0.4 is 5.48 Å². The molecule has 8 heavy (non-hydrogen) atoms. The molecular formula is C5H8NOP. The van der Waals surface area contributed by atoms with Crippen molar-refractivity contribution in [2.75, 3.05) is 12.6 Å². The largest absolute Gasteiger partial charge is 0.279 e. The van der Waals surface area contributed by atoms with Gasteiger partial charge in [0.2, 0.25) is 0 Å². The average Bonchev–Trinajstić information content (AvgIpc) is 2.19. The number of hydrogen-bond acceptors (Lipinski definition) is 2. The van der Waals surface area contributed by atoms with E-state index in [0.717, 1.165) is 13.6 Å². The highest BCUT2D eigenvalue weighted by Gasteiger charge is 1.83. The normalized spacial score (nSPS) is 10.1. The Bertz CT molecular complexity index is 138. The van der Waals surface area contributed by atoms with Gasteiger partial charge in [-0.2, -0.15) is 0 Å². The van der Waals surface area contributed by atoms with Crippen LogP contribution in [0.3, 0.4) is 0 Å². The molecule has 0 spiro atoms. The second-order valence-corrected chi connectivity index (χ2v) is 2.55. The van der Waals surface area contributed by atoms with Crippen molar-refractivity contribution in [3.05, 3.63) is 17.9 Å². The van der Waals surface area contributed by atoms with Gasteiger partial charge in [-0.05, 0) is 11.9 Å². The molecule has 0 aromatic carbocycles. The van der Waals surface area contributed by atoms with E-state index >= 15 is 0 Å². The van der Waals surface area contributed by atoms with Crippen molar-refractivity contribution in [1.82, 2.24) is 0 Å². The van der Waals surface area contributed by atoms with Crippen LogP contribution in [0.15, 0.2) is 17.9 Å². The molecule has 0 aliphatic heterocycles. The first kappa shape index (κ1) is 5.67. The summed E-state index contributed by atoms with van der Waals surface area (Å²) in [6.07, 6.45) is 0. The van der Waals surface area contributed by atoms with Crippen molar-refractivity contribution in [2.45, 2.75) is 0 Å². The molecule has 0 bridgehead atoms. The quantitative estimate of drug-likeness (QED) is 0.613. The van der Waals surface area contributed by atoms with Gasteiger partial charge < -0.3 is 0 Å². The van der Waals surface area contributed by atoms with E-state index in [9.17, 15) is 0 Å². The maximum Gasteiger partial charge on any atom is 0.0760 e. The summed E-state index contributed by atoms with van der Waals surface area (Å²) in [5.41, 5.74) is 3.90. The molecule has 44 valence electrons. The molecule has 3 heteroatoms. The van der Waals surface area contributed by atoms with Crippen LogP contribution in [0.4, 0.5) is 5.42 Å². The van der Waals surface area contributed by atoms with Gasteiger partial charge in [0.05, 0.1) is 12.5 Å². The van der Waals surface area contributed by atoms with Gasteiger partial charge in [-0.25, -0.2) is 0 Å². The summed E-state index contributed by atoms with van der Waals surface area (Å²) in [6, 6.07) is 4.02. The first-order valence-corrected chi connectivity index (χ1v) is 3.43. The Hall–Kier alpha value is -0.460. The Kier molecular flexibility index (Phi) is 1.95. The Balaban J connectivity index is 2.50. The molecular weight excluding hydrogens is 121 g/mol. The molecule has 0 aliphatic rings. The van der Waals surface area contributed by atoms with Gasteiger partial charge in [-0.1, -0.05) is 6.07 Å². The zero-order valence-electron chi connectivity index (χ0n) is 4.64. The molecule has 0 fully saturated rings. The minimum Gasteiger partial charge on any atom is -0.279 e. The van der Waals surface area contributed by atoms with Crippen molar-refractivity contribution in [2.24, 2.45) is 0 Å². The third kappa shape index (κ3) is 1.25. The first-order chi connectivity index (χ1) is 3.93. The Morgan fingerprint density at radius 2 is 2.62 bits per heavy atom. The molecule has 1 N–H and O–H groups in total. The van der Waals surface area contributed by atoms with Gasteiger partial charge in [0, 0.05) is 0 Å². The topological polar surface area (TPSA) is 21.3 Å². The maximum absolute atomic E-state index is 4.67. The molecule has 2 nitrogen and oxygen atoms in total. The molecule has 1 atom stereocenters. The summed E-state index contributed by atoms with van der Waals surface area (Å²) in [5.74, 6) is 2.10. The van der Waals surface area contributed by atoms with Crippen molar-refractivity contribution >= 4 is 13.6 Å². The fourth-order valence-electron chi connectivity index (χ4n) is 0.504. The van der Waals surface area contributed by atoms with Crippen LogP contribution in [0.2, 0.25) is 0 Å². The molecule has 0 radical (unpaired) electrons. The Morgan fingerprint density at radius 3 is 3.12 bits per heavy atom. The summed E-state index contributed by atoms with van der Waals surface area (Å²) < 4.78 is 0.